The lowest BCUT2D eigenvalue weighted by Gasteiger charge is -2.10. The summed E-state index contributed by atoms with van der Waals surface area (Å²) in [7, 11) is 3.97. The van der Waals surface area contributed by atoms with E-state index in [1.54, 1.807) is 0 Å². The van der Waals surface area contributed by atoms with Crippen LogP contribution in [0.1, 0.15) is 5.89 Å². The van der Waals surface area contributed by atoms with Gasteiger partial charge in [-0.3, -0.25) is 4.79 Å². The van der Waals surface area contributed by atoms with Crippen molar-refractivity contribution < 1.29 is 18.0 Å². The summed E-state index contributed by atoms with van der Waals surface area (Å²) in [6, 6.07) is 10.1. The molecule has 0 N–H and O–H groups in total. The minimum atomic E-state index is -3.08. The van der Waals surface area contributed by atoms with Gasteiger partial charge in [-0.15, -0.1) is 9.24 Å². The summed E-state index contributed by atoms with van der Waals surface area (Å²) in [5.74, 6) is 0.606. The van der Waals surface area contributed by atoms with E-state index in [9.17, 15) is 13.6 Å². The van der Waals surface area contributed by atoms with Crippen LogP contribution in [-0.2, 0) is 6.54 Å². The molecule has 0 radical (unpaired) electrons. The molecule has 0 saturated carbocycles. The second-order valence-corrected chi connectivity index (χ2v) is 8.16. The van der Waals surface area contributed by atoms with Crippen LogP contribution < -0.4 is 15.6 Å². The normalized spacial score (nSPS) is 11.5. The van der Waals surface area contributed by atoms with Crippen LogP contribution in [0.4, 0.5) is 8.78 Å². The van der Waals surface area contributed by atoms with Gasteiger partial charge in [0.2, 0.25) is 11.7 Å². The van der Waals surface area contributed by atoms with Crippen LogP contribution in [0, 0.1) is 0 Å². The first kappa shape index (κ1) is 22.0. The van der Waals surface area contributed by atoms with Crippen molar-refractivity contribution in [3.8, 4) is 28.7 Å². The zero-order chi connectivity index (χ0) is 22.7. The van der Waals surface area contributed by atoms with Crippen LogP contribution >= 0.6 is 18.5 Å². The van der Waals surface area contributed by atoms with Crippen LogP contribution in [0.5, 0.6) is 6.01 Å². The third-order valence-corrected chi connectivity index (χ3v) is 4.66. The number of alkyl halides is 2. The van der Waals surface area contributed by atoms with E-state index in [2.05, 4.69) is 34.4 Å². The molecule has 2 unspecified atom stereocenters. The first-order chi connectivity index (χ1) is 15.3. The standard InChI is InChI=1S/C19H16F2N6O3P2/c20-19(21,32)10-29-18-22-7-12(8-23-18)14-5-6-16(28)27(25-14)9-15-24-17(26-30-15)11-1-3-13(31)4-2-11/h1-8H,9-10,31-32H2. The zero-order valence-electron chi connectivity index (χ0n) is 16.4. The minimum absolute atomic E-state index is 0.0350. The Morgan fingerprint density at radius 3 is 2.47 bits per heavy atom. The summed E-state index contributed by atoms with van der Waals surface area (Å²) in [6.45, 7) is -0.902. The fourth-order valence-electron chi connectivity index (χ4n) is 2.60. The topological polar surface area (TPSA) is 109 Å². The third kappa shape index (κ3) is 5.55. The lowest BCUT2D eigenvalue weighted by molar-refractivity contribution is 0.0422. The van der Waals surface area contributed by atoms with Gasteiger partial charge in [-0.25, -0.2) is 14.6 Å². The molecular formula is C19H16F2N6O3P2. The molecule has 0 aliphatic rings. The van der Waals surface area contributed by atoms with E-state index >= 15 is 0 Å². The van der Waals surface area contributed by atoms with Crippen molar-refractivity contribution in [2.75, 3.05) is 6.61 Å². The molecular weight excluding hydrogens is 460 g/mol. The molecule has 0 spiro atoms. The van der Waals surface area contributed by atoms with E-state index < -0.39 is 12.3 Å². The Hall–Kier alpha value is -3.16. The number of benzene rings is 1. The van der Waals surface area contributed by atoms with Gasteiger partial charge in [0.1, 0.15) is 6.54 Å². The molecule has 0 bridgehead atoms. The van der Waals surface area contributed by atoms with Gasteiger partial charge < -0.3 is 9.26 Å². The summed E-state index contributed by atoms with van der Waals surface area (Å²) >= 11 is 0. The molecule has 1 aromatic carbocycles. The van der Waals surface area contributed by atoms with E-state index in [-0.39, 0.29) is 24.0 Å². The van der Waals surface area contributed by atoms with E-state index in [1.165, 1.54) is 33.8 Å². The Morgan fingerprint density at radius 1 is 1.06 bits per heavy atom. The molecule has 3 heterocycles. The fraction of sp³-hybridized carbons (Fsp3) is 0.158. The molecule has 0 saturated heterocycles. The Bertz CT molecular complexity index is 1270. The van der Waals surface area contributed by atoms with Gasteiger partial charge in [0.05, 0.1) is 5.69 Å². The second-order valence-electron chi connectivity index (χ2n) is 6.65. The highest BCUT2D eigenvalue weighted by atomic mass is 31.0. The Morgan fingerprint density at radius 2 is 1.78 bits per heavy atom. The predicted octanol–water partition coefficient (Wildman–Crippen LogP) is 2.15. The van der Waals surface area contributed by atoms with Gasteiger partial charge in [0.15, 0.2) is 6.61 Å². The molecule has 13 heteroatoms. The largest absolute Gasteiger partial charge is 0.457 e. The van der Waals surface area contributed by atoms with Gasteiger partial charge in [0.25, 0.3) is 11.2 Å². The van der Waals surface area contributed by atoms with Gasteiger partial charge in [-0.1, -0.05) is 38.7 Å². The molecule has 32 heavy (non-hydrogen) atoms. The SMILES string of the molecule is O=c1ccc(-c2cnc(OCC(F)(F)P)nc2)nn1Cc1nc(-c2ccc(P)cc2)no1. The van der Waals surface area contributed by atoms with Crippen molar-refractivity contribution in [3.05, 3.63) is 65.0 Å². The van der Waals surface area contributed by atoms with Crippen molar-refractivity contribution in [3.63, 3.8) is 0 Å². The average molecular weight is 476 g/mol. The maximum Gasteiger partial charge on any atom is 0.316 e. The van der Waals surface area contributed by atoms with Gasteiger partial charge in [0, 0.05) is 29.6 Å². The quantitative estimate of drug-likeness (QED) is 0.374. The number of rotatable bonds is 7. The highest BCUT2D eigenvalue weighted by molar-refractivity contribution is 7.27. The number of hydrogen-bond acceptors (Lipinski definition) is 8. The molecule has 164 valence electrons. The summed E-state index contributed by atoms with van der Waals surface area (Å²) < 4.78 is 36.9. The van der Waals surface area contributed by atoms with E-state index in [0.717, 1.165) is 15.5 Å². The second kappa shape index (κ2) is 9.14. The molecule has 0 aliphatic carbocycles. The van der Waals surface area contributed by atoms with Gasteiger partial charge >= 0.3 is 6.01 Å². The Kier molecular flexibility index (Phi) is 6.30. The number of hydrogen-bond donors (Lipinski definition) is 0. The average Bonchev–Trinajstić information content (AvgIpc) is 3.23. The van der Waals surface area contributed by atoms with Crippen LogP contribution in [-0.4, -0.2) is 42.2 Å². The van der Waals surface area contributed by atoms with Crippen LogP contribution in [0.2, 0.25) is 0 Å². The summed E-state index contributed by atoms with van der Waals surface area (Å²) in [5, 5.41) is 9.24. The minimum Gasteiger partial charge on any atom is -0.457 e. The molecule has 2 atom stereocenters. The third-order valence-electron chi connectivity index (χ3n) is 4.11. The van der Waals surface area contributed by atoms with Crippen molar-refractivity contribution in [1.82, 2.24) is 29.9 Å². The first-order valence-electron chi connectivity index (χ1n) is 9.15. The van der Waals surface area contributed by atoms with Crippen LogP contribution in [0.15, 0.2) is 58.1 Å². The Balaban J connectivity index is 1.51. The molecule has 4 aromatic rings. The van der Waals surface area contributed by atoms with E-state index in [0.29, 0.717) is 17.1 Å². The number of halogens is 2. The van der Waals surface area contributed by atoms with E-state index in [4.69, 9.17) is 9.26 Å². The highest BCUT2D eigenvalue weighted by Crippen LogP contribution is 2.23. The Labute approximate surface area is 184 Å². The first-order valence-corrected chi connectivity index (χ1v) is 10.3. The monoisotopic (exact) mass is 476 g/mol. The molecule has 0 aliphatic heterocycles. The van der Waals surface area contributed by atoms with Crippen LogP contribution in [0.25, 0.3) is 22.6 Å². The lowest BCUT2D eigenvalue weighted by Crippen LogP contribution is -2.23. The molecule has 4 rings (SSSR count). The number of aromatic nitrogens is 6. The molecule has 3 aromatic heterocycles. The number of ether oxygens (including phenoxy) is 1. The highest BCUT2D eigenvalue weighted by Gasteiger charge is 2.23. The van der Waals surface area contributed by atoms with Crippen molar-refractivity contribution >= 4 is 23.8 Å². The van der Waals surface area contributed by atoms with Gasteiger partial charge in [-0.05, 0) is 11.4 Å². The van der Waals surface area contributed by atoms with Crippen molar-refractivity contribution in [1.29, 1.82) is 0 Å². The smallest absolute Gasteiger partial charge is 0.316 e. The maximum atomic E-state index is 12.8. The summed E-state index contributed by atoms with van der Waals surface area (Å²) in [6.07, 6.45) is 2.72. The van der Waals surface area contributed by atoms with Crippen molar-refractivity contribution in [2.45, 2.75) is 12.2 Å². The molecule has 9 nitrogen and oxygen atoms in total. The molecule has 0 fully saturated rings. The fourth-order valence-corrected chi connectivity index (χ4v) is 2.87. The predicted molar refractivity (Wildman–Crippen MR) is 118 cm³/mol. The van der Waals surface area contributed by atoms with E-state index in [1.807, 2.05) is 24.3 Å². The summed E-state index contributed by atoms with van der Waals surface area (Å²) in [5.41, 5.74) is -1.81. The number of nitrogens with zero attached hydrogens (tertiary/aromatic N) is 6. The lowest BCUT2D eigenvalue weighted by atomic mass is 10.2. The van der Waals surface area contributed by atoms with Crippen molar-refractivity contribution in [2.24, 2.45) is 0 Å². The maximum absolute atomic E-state index is 12.8. The van der Waals surface area contributed by atoms with Gasteiger partial charge in [-0.2, -0.15) is 18.9 Å². The summed E-state index contributed by atoms with van der Waals surface area (Å²) in [4.78, 5) is 24.3. The zero-order valence-corrected chi connectivity index (χ0v) is 18.7. The van der Waals surface area contributed by atoms with Crippen LogP contribution in [0.3, 0.4) is 0 Å². The molecule has 0 amide bonds.